The number of aromatic hydroxyl groups is 1. The summed E-state index contributed by atoms with van der Waals surface area (Å²) in [5, 5.41) is 18.2. The van der Waals surface area contributed by atoms with Crippen molar-refractivity contribution in [3.8, 4) is 62.2 Å². The summed E-state index contributed by atoms with van der Waals surface area (Å²) in [6.45, 7) is 0. The molecule has 0 radical (unpaired) electrons. The van der Waals surface area contributed by atoms with Crippen LogP contribution < -0.4 is 0 Å². The molecule has 5 heteroatoms. The molecule has 2 heterocycles. The lowest BCUT2D eigenvalue weighted by molar-refractivity contribution is 0.477. The van der Waals surface area contributed by atoms with E-state index in [9.17, 15) is 5.11 Å². The van der Waals surface area contributed by atoms with Crippen molar-refractivity contribution in [2.45, 2.75) is 0 Å². The van der Waals surface area contributed by atoms with Crippen LogP contribution in [0.4, 0.5) is 0 Å². The van der Waals surface area contributed by atoms with Gasteiger partial charge in [0.2, 0.25) is 0 Å². The number of phenolic OH excluding ortho intramolecular Hbond substituents is 1. The minimum absolute atomic E-state index is 0.150. The van der Waals surface area contributed by atoms with E-state index < -0.39 is 0 Å². The second kappa shape index (κ2) is 12.0. The molecule has 5 nitrogen and oxygen atoms in total. The lowest BCUT2D eigenvalue weighted by Crippen LogP contribution is -2.01. The standard InChI is InChI=1S/C47H29N3O2/c51-41-15-8-14-38(44(41)32-22-17-29(18-23-32)34-25-26-43-40(27-34)37-13-6-7-16-42(37)52-43)47-49-45(33-10-2-1-3-11-33)48-46(50-47)35-24-21-31-20-19-30-9-4-5-12-36(30)39(31)28-35/h1-28,51H. The molecule has 8 aromatic carbocycles. The molecule has 0 fully saturated rings. The molecule has 0 amide bonds. The molecule has 0 aliphatic rings. The largest absolute Gasteiger partial charge is 0.507 e. The summed E-state index contributed by atoms with van der Waals surface area (Å²) in [5.41, 5.74) is 7.88. The fourth-order valence-electron chi connectivity index (χ4n) is 7.25. The number of furan rings is 1. The van der Waals surface area contributed by atoms with Crippen LogP contribution in [0, 0.1) is 0 Å². The molecule has 10 rings (SSSR count). The molecule has 0 aliphatic carbocycles. The molecular formula is C47H29N3O2. The number of nitrogens with zero attached hydrogens (tertiary/aromatic N) is 3. The third kappa shape index (κ3) is 5.07. The van der Waals surface area contributed by atoms with Crippen LogP contribution in [0.1, 0.15) is 0 Å². The Labute approximate surface area is 299 Å². The maximum atomic E-state index is 11.4. The van der Waals surface area contributed by atoms with E-state index in [1.807, 2.05) is 78.9 Å². The molecule has 0 aliphatic heterocycles. The Bertz CT molecular complexity index is 2970. The Morgan fingerprint density at radius 2 is 0.962 bits per heavy atom. The van der Waals surface area contributed by atoms with Gasteiger partial charge in [-0.15, -0.1) is 0 Å². The average molecular weight is 668 g/mol. The van der Waals surface area contributed by atoms with Gasteiger partial charge in [0.15, 0.2) is 17.5 Å². The fraction of sp³-hybridized carbons (Fsp3) is 0. The molecular weight excluding hydrogens is 639 g/mol. The first-order valence-corrected chi connectivity index (χ1v) is 17.2. The zero-order chi connectivity index (χ0) is 34.6. The van der Waals surface area contributed by atoms with E-state index in [4.69, 9.17) is 19.4 Å². The first-order valence-electron chi connectivity index (χ1n) is 17.2. The van der Waals surface area contributed by atoms with Gasteiger partial charge in [-0.1, -0.05) is 140 Å². The minimum atomic E-state index is 0.150. The lowest BCUT2D eigenvalue weighted by atomic mass is 9.95. The highest BCUT2D eigenvalue weighted by Gasteiger charge is 2.19. The van der Waals surface area contributed by atoms with E-state index in [-0.39, 0.29) is 5.75 Å². The molecule has 0 spiro atoms. The van der Waals surface area contributed by atoms with Crippen molar-refractivity contribution >= 4 is 43.5 Å². The van der Waals surface area contributed by atoms with E-state index >= 15 is 0 Å². The molecule has 52 heavy (non-hydrogen) atoms. The molecule has 0 saturated carbocycles. The average Bonchev–Trinajstić information content (AvgIpc) is 3.59. The van der Waals surface area contributed by atoms with Crippen LogP contribution in [-0.4, -0.2) is 20.1 Å². The van der Waals surface area contributed by atoms with Crippen molar-refractivity contribution in [2.75, 3.05) is 0 Å². The zero-order valence-electron chi connectivity index (χ0n) is 27.9. The van der Waals surface area contributed by atoms with E-state index in [1.165, 1.54) is 10.8 Å². The van der Waals surface area contributed by atoms with Crippen molar-refractivity contribution < 1.29 is 9.52 Å². The number of fused-ring (bicyclic) bond motifs is 6. The van der Waals surface area contributed by atoms with Gasteiger partial charge in [0, 0.05) is 33.0 Å². The van der Waals surface area contributed by atoms with E-state index in [2.05, 4.69) is 84.9 Å². The van der Waals surface area contributed by atoms with Gasteiger partial charge in [-0.3, -0.25) is 0 Å². The number of aromatic nitrogens is 3. The summed E-state index contributed by atoms with van der Waals surface area (Å²) in [7, 11) is 0. The van der Waals surface area contributed by atoms with Crippen molar-refractivity contribution in [1.29, 1.82) is 0 Å². The Morgan fingerprint density at radius 3 is 1.81 bits per heavy atom. The quantitative estimate of drug-likeness (QED) is 0.185. The predicted molar refractivity (Wildman–Crippen MR) is 211 cm³/mol. The molecule has 0 bridgehead atoms. The highest BCUT2D eigenvalue weighted by atomic mass is 16.3. The number of benzene rings is 8. The monoisotopic (exact) mass is 667 g/mol. The summed E-state index contributed by atoms with van der Waals surface area (Å²) in [4.78, 5) is 15.1. The van der Waals surface area contributed by atoms with Gasteiger partial charge < -0.3 is 9.52 Å². The topological polar surface area (TPSA) is 72.0 Å². The van der Waals surface area contributed by atoms with Gasteiger partial charge in [0.25, 0.3) is 0 Å². The Kier molecular flexibility index (Phi) is 6.89. The SMILES string of the molecule is Oc1cccc(-c2nc(-c3ccccc3)nc(-c3ccc4ccc5ccccc5c4c3)n2)c1-c1ccc(-c2ccc3oc4ccccc4c3c2)cc1. The predicted octanol–water partition coefficient (Wildman–Crippen LogP) is 12.1. The van der Waals surface area contributed by atoms with Crippen molar-refractivity contribution in [3.05, 3.63) is 170 Å². The summed E-state index contributed by atoms with van der Waals surface area (Å²) < 4.78 is 6.05. The van der Waals surface area contributed by atoms with Crippen LogP contribution in [-0.2, 0) is 0 Å². The molecule has 0 saturated heterocycles. The lowest BCUT2D eigenvalue weighted by Gasteiger charge is -2.14. The summed E-state index contributed by atoms with van der Waals surface area (Å²) in [6, 6.07) is 57.2. The van der Waals surface area contributed by atoms with Crippen LogP contribution in [0.3, 0.4) is 0 Å². The normalized spacial score (nSPS) is 11.5. The maximum Gasteiger partial charge on any atom is 0.164 e. The van der Waals surface area contributed by atoms with Crippen molar-refractivity contribution in [1.82, 2.24) is 15.0 Å². The molecule has 0 atom stereocenters. The van der Waals surface area contributed by atoms with E-state index in [0.29, 0.717) is 28.6 Å². The second-order valence-corrected chi connectivity index (χ2v) is 13.0. The number of hydrogen-bond acceptors (Lipinski definition) is 5. The maximum absolute atomic E-state index is 11.4. The van der Waals surface area contributed by atoms with Gasteiger partial charge in [-0.05, 0) is 68.6 Å². The summed E-state index contributed by atoms with van der Waals surface area (Å²) in [6.07, 6.45) is 0. The van der Waals surface area contributed by atoms with Crippen molar-refractivity contribution in [3.63, 3.8) is 0 Å². The third-order valence-electron chi connectivity index (χ3n) is 9.84. The zero-order valence-corrected chi connectivity index (χ0v) is 27.9. The molecule has 10 aromatic rings. The highest BCUT2D eigenvalue weighted by Crippen LogP contribution is 2.40. The Hall–Kier alpha value is -7.11. The highest BCUT2D eigenvalue weighted by molar-refractivity contribution is 6.09. The van der Waals surface area contributed by atoms with Crippen molar-refractivity contribution in [2.24, 2.45) is 0 Å². The number of para-hydroxylation sites is 1. The van der Waals surface area contributed by atoms with Crippen LogP contribution in [0.5, 0.6) is 5.75 Å². The van der Waals surface area contributed by atoms with Gasteiger partial charge in [-0.25, -0.2) is 15.0 Å². The number of rotatable bonds is 5. The van der Waals surface area contributed by atoms with Crippen LogP contribution >= 0.6 is 0 Å². The Balaban J connectivity index is 1.10. The number of hydrogen-bond donors (Lipinski definition) is 1. The van der Waals surface area contributed by atoms with Gasteiger partial charge >= 0.3 is 0 Å². The van der Waals surface area contributed by atoms with E-state index in [1.54, 1.807) is 6.07 Å². The van der Waals surface area contributed by atoms with Gasteiger partial charge in [-0.2, -0.15) is 0 Å². The minimum Gasteiger partial charge on any atom is -0.507 e. The molecule has 2 aromatic heterocycles. The molecule has 0 unspecified atom stereocenters. The summed E-state index contributed by atoms with van der Waals surface area (Å²) >= 11 is 0. The van der Waals surface area contributed by atoms with Crippen LogP contribution in [0.2, 0.25) is 0 Å². The van der Waals surface area contributed by atoms with Crippen LogP contribution in [0.25, 0.3) is 99.9 Å². The first-order chi connectivity index (χ1) is 25.7. The smallest absolute Gasteiger partial charge is 0.164 e. The van der Waals surface area contributed by atoms with Gasteiger partial charge in [0.1, 0.15) is 16.9 Å². The Morgan fingerprint density at radius 1 is 0.365 bits per heavy atom. The first kappa shape index (κ1) is 29.8. The van der Waals surface area contributed by atoms with Gasteiger partial charge in [0.05, 0.1) is 0 Å². The third-order valence-corrected chi connectivity index (χ3v) is 9.84. The fourth-order valence-corrected chi connectivity index (χ4v) is 7.25. The summed E-state index contributed by atoms with van der Waals surface area (Å²) in [5.74, 6) is 1.75. The number of phenols is 1. The second-order valence-electron chi connectivity index (χ2n) is 13.0. The van der Waals surface area contributed by atoms with E-state index in [0.717, 1.165) is 60.5 Å². The molecule has 244 valence electrons. The molecule has 1 N–H and O–H groups in total. The van der Waals surface area contributed by atoms with Crippen LogP contribution in [0.15, 0.2) is 174 Å².